The fourth-order valence-electron chi connectivity index (χ4n) is 2.32. The third kappa shape index (κ3) is 2.51. The number of anilines is 1. The van der Waals surface area contributed by atoms with Crippen LogP contribution < -0.4 is 9.46 Å². The van der Waals surface area contributed by atoms with Gasteiger partial charge in [-0.25, -0.2) is 18.1 Å². The van der Waals surface area contributed by atoms with Gasteiger partial charge in [0.05, 0.1) is 4.90 Å². The van der Waals surface area contributed by atoms with Crippen molar-refractivity contribution in [2.45, 2.75) is 31.3 Å². The van der Waals surface area contributed by atoms with Crippen molar-refractivity contribution in [1.82, 2.24) is 4.98 Å². The minimum atomic E-state index is -3.86. The van der Waals surface area contributed by atoms with Crippen LogP contribution in [0.2, 0.25) is 0 Å². The molecule has 0 saturated carbocycles. The Morgan fingerprint density at radius 3 is 2.95 bits per heavy atom. The molecule has 22 heavy (non-hydrogen) atoms. The Morgan fingerprint density at radius 1 is 1.45 bits per heavy atom. The van der Waals surface area contributed by atoms with Gasteiger partial charge in [-0.05, 0) is 30.7 Å². The number of nitrogens with zero attached hydrogens (tertiary/aromatic N) is 2. The van der Waals surface area contributed by atoms with Crippen molar-refractivity contribution in [2.24, 2.45) is 0 Å². The van der Waals surface area contributed by atoms with E-state index in [9.17, 15) is 8.42 Å². The molecule has 1 aromatic heterocycles. The summed E-state index contributed by atoms with van der Waals surface area (Å²) in [6.07, 6.45) is 0.687. The van der Waals surface area contributed by atoms with E-state index < -0.39 is 10.0 Å². The normalized spacial score (nSPS) is 16.7. The Labute approximate surface area is 127 Å². The van der Waals surface area contributed by atoms with Crippen LogP contribution in [0.25, 0.3) is 0 Å². The van der Waals surface area contributed by atoms with Gasteiger partial charge in [-0.15, -0.1) is 0 Å². The molecule has 2 heterocycles. The van der Waals surface area contributed by atoms with Gasteiger partial charge in [-0.2, -0.15) is 5.26 Å². The second-order valence-corrected chi connectivity index (χ2v) is 6.71. The quantitative estimate of drug-likeness (QED) is 0.927. The highest BCUT2D eigenvalue weighted by Gasteiger charge is 2.24. The lowest BCUT2D eigenvalue weighted by Gasteiger charge is -2.07. The van der Waals surface area contributed by atoms with E-state index in [4.69, 9.17) is 14.4 Å². The molecule has 1 aromatic carbocycles. The third-order valence-corrected chi connectivity index (χ3v) is 4.57. The lowest BCUT2D eigenvalue weighted by Crippen LogP contribution is -2.13. The van der Waals surface area contributed by atoms with Crippen molar-refractivity contribution >= 4 is 15.9 Å². The second kappa shape index (κ2) is 5.03. The maximum atomic E-state index is 12.4. The summed E-state index contributed by atoms with van der Waals surface area (Å²) in [5.41, 5.74) is 0.740. The molecule has 8 heteroatoms. The number of aryl methyl sites for hydroxylation is 1. The lowest BCUT2D eigenvalue weighted by molar-refractivity contribution is 0.254. The van der Waals surface area contributed by atoms with Crippen molar-refractivity contribution in [3.05, 3.63) is 35.3 Å². The topological polar surface area (TPSA) is 105 Å². The number of oxazole rings is 1. The number of sulfonamides is 1. The molecule has 1 aliphatic heterocycles. The van der Waals surface area contributed by atoms with E-state index in [1.807, 2.05) is 6.92 Å². The van der Waals surface area contributed by atoms with Crippen LogP contribution in [0.1, 0.15) is 24.1 Å². The lowest BCUT2D eigenvalue weighted by atomic mass is 10.1. The molecule has 1 atom stereocenters. The zero-order valence-corrected chi connectivity index (χ0v) is 12.8. The van der Waals surface area contributed by atoms with Gasteiger partial charge in [-0.1, -0.05) is 0 Å². The number of rotatable bonds is 3. The van der Waals surface area contributed by atoms with Crippen LogP contribution in [0.3, 0.4) is 0 Å². The number of benzene rings is 1. The van der Waals surface area contributed by atoms with E-state index in [0.29, 0.717) is 12.2 Å². The molecule has 1 N–H and O–H groups in total. The predicted octanol–water partition coefficient (Wildman–Crippen LogP) is 1.98. The van der Waals surface area contributed by atoms with E-state index in [1.54, 1.807) is 18.2 Å². The summed E-state index contributed by atoms with van der Waals surface area (Å²) in [7, 11) is -3.86. The smallest absolute Gasteiger partial charge is 0.264 e. The summed E-state index contributed by atoms with van der Waals surface area (Å²) >= 11 is 0. The number of nitrogens with one attached hydrogen (secondary N) is 1. The van der Waals surface area contributed by atoms with E-state index in [0.717, 1.165) is 5.56 Å². The Kier molecular flexibility index (Phi) is 3.30. The highest BCUT2D eigenvalue weighted by molar-refractivity contribution is 7.92. The van der Waals surface area contributed by atoms with Gasteiger partial charge in [0, 0.05) is 13.3 Å². The molecule has 0 fully saturated rings. The van der Waals surface area contributed by atoms with Crippen molar-refractivity contribution in [3.8, 4) is 11.8 Å². The first-order chi connectivity index (χ1) is 10.4. The van der Waals surface area contributed by atoms with Crippen LogP contribution in [-0.2, 0) is 16.4 Å². The van der Waals surface area contributed by atoms with Crippen molar-refractivity contribution in [2.75, 3.05) is 4.72 Å². The van der Waals surface area contributed by atoms with E-state index in [1.165, 1.54) is 13.0 Å². The Bertz CT molecular complexity index is 880. The highest BCUT2D eigenvalue weighted by Crippen LogP contribution is 2.31. The number of nitriles is 1. The minimum absolute atomic E-state index is 0.0306. The summed E-state index contributed by atoms with van der Waals surface area (Å²) in [5.74, 6) is 0.732. The molecular formula is C14H13N3O4S. The fraction of sp³-hybridized carbons (Fsp3) is 0.286. The van der Waals surface area contributed by atoms with Gasteiger partial charge in [0.15, 0.2) is 5.89 Å². The molecule has 3 rings (SSSR count). The van der Waals surface area contributed by atoms with E-state index >= 15 is 0 Å². The largest absolute Gasteiger partial charge is 0.490 e. The number of fused-ring (bicyclic) bond motifs is 1. The molecule has 1 unspecified atom stereocenters. The van der Waals surface area contributed by atoms with Crippen LogP contribution in [0, 0.1) is 18.3 Å². The Balaban J connectivity index is 1.94. The molecule has 0 amide bonds. The first kappa shape index (κ1) is 14.4. The van der Waals surface area contributed by atoms with Crippen molar-refractivity contribution in [1.29, 1.82) is 5.26 Å². The average molecular weight is 319 g/mol. The first-order valence-electron chi connectivity index (χ1n) is 6.59. The summed E-state index contributed by atoms with van der Waals surface area (Å²) in [4.78, 5) is 3.89. The molecule has 0 bridgehead atoms. The number of aromatic nitrogens is 1. The SMILES string of the molecule is Cc1nc(C#N)c(NS(=O)(=O)c2ccc3c(c2)CC(C)O3)o1. The van der Waals surface area contributed by atoms with Crippen LogP contribution in [0.4, 0.5) is 5.88 Å². The summed E-state index contributed by atoms with van der Waals surface area (Å²) in [6, 6.07) is 6.43. The van der Waals surface area contributed by atoms with E-state index in [-0.39, 0.29) is 28.5 Å². The molecule has 114 valence electrons. The van der Waals surface area contributed by atoms with Gasteiger partial charge < -0.3 is 9.15 Å². The third-order valence-electron chi connectivity index (χ3n) is 3.24. The zero-order chi connectivity index (χ0) is 15.9. The minimum Gasteiger partial charge on any atom is -0.490 e. The molecule has 2 aromatic rings. The second-order valence-electron chi connectivity index (χ2n) is 5.03. The van der Waals surface area contributed by atoms with Crippen molar-refractivity contribution < 1.29 is 17.6 Å². The molecule has 0 spiro atoms. The summed E-state index contributed by atoms with van der Waals surface area (Å²) in [5, 5.41) is 8.93. The van der Waals surface area contributed by atoms with Gasteiger partial charge >= 0.3 is 0 Å². The molecule has 0 aliphatic carbocycles. The number of hydrogen-bond donors (Lipinski definition) is 1. The summed E-state index contributed by atoms with van der Waals surface area (Å²) < 4.78 is 37.7. The maximum absolute atomic E-state index is 12.4. The molecule has 0 saturated heterocycles. The average Bonchev–Trinajstić information content (AvgIpc) is 2.98. The van der Waals surface area contributed by atoms with Gasteiger partial charge in [0.2, 0.25) is 11.6 Å². The van der Waals surface area contributed by atoms with Crippen LogP contribution >= 0.6 is 0 Å². The standard InChI is InChI=1S/C14H13N3O4S/c1-8-5-10-6-11(3-4-13(10)20-8)22(18,19)17-14-12(7-15)16-9(2)21-14/h3-4,6,8,17H,5H2,1-2H3. The van der Waals surface area contributed by atoms with Crippen LogP contribution in [0.15, 0.2) is 27.5 Å². The fourth-order valence-corrected chi connectivity index (χ4v) is 3.36. The highest BCUT2D eigenvalue weighted by atomic mass is 32.2. The van der Waals surface area contributed by atoms with Crippen molar-refractivity contribution in [3.63, 3.8) is 0 Å². The molecular weight excluding hydrogens is 306 g/mol. The summed E-state index contributed by atoms with van der Waals surface area (Å²) in [6.45, 7) is 3.45. The molecule has 7 nitrogen and oxygen atoms in total. The zero-order valence-electron chi connectivity index (χ0n) is 12.0. The monoisotopic (exact) mass is 319 g/mol. The van der Waals surface area contributed by atoms with Gasteiger partial charge in [0.1, 0.15) is 17.9 Å². The predicted molar refractivity (Wildman–Crippen MR) is 77.0 cm³/mol. The first-order valence-corrected chi connectivity index (χ1v) is 8.07. The van der Waals surface area contributed by atoms with E-state index in [2.05, 4.69) is 9.71 Å². The number of hydrogen-bond acceptors (Lipinski definition) is 6. The molecule has 0 radical (unpaired) electrons. The van der Waals surface area contributed by atoms with Gasteiger partial charge in [-0.3, -0.25) is 0 Å². The van der Waals surface area contributed by atoms with Crippen LogP contribution in [0.5, 0.6) is 5.75 Å². The van der Waals surface area contributed by atoms with Gasteiger partial charge in [0.25, 0.3) is 10.0 Å². The maximum Gasteiger partial charge on any atom is 0.264 e. The number of ether oxygens (including phenoxy) is 1. The Hall–Kier alpha value is -2.53. The Morgan fingerprint density at radius 2 is 2.23 bits per heavy atom. The van der Waals surface area contributed by atoms with Crippen LogP contribution in [-0.4, -0.2) is 19.5 Å². The molecule has 1 aliphatic rings.